The number of ether oxygens (including phenoxy) is 3. The maximum atomic E-state index is 11.9. The van der Waals surface area contributed by atoms with Gasteiger partial charge in [0.1, 0.15) is 12.2 Å². The van der Waals surface area contributed by atoms with E-state index < -0.39 is 35.8 Å². The van der Waals surface area contributed by atoms with Crippen LogP contribution < -0.4 is 11.2 Å². The highest BCUT2D eigenvalue weighted by Crippen LogP contribution is 2.31. The first kappa shape index (κ1) is 17.2. The van der Waals surface area contributed by atoms with E-state index >= 15 is 0 Å². The average molecular weight is 327 g/mol. The minimum atomic E-state index is -1.11. The van der Waals surface area contributed by atoms with E-state index in [4.69, 9.17) is 19.7 Å². The van der Waals surface area contributed by atoms with Gasteiger partial charge in [-0.3, -0.25) is 14.3 Å². The zero-order chi connectivity index (χ0) is 16.8. The summed E-state index contributed by atoms with van der Waals surface area (Å²) in [5, 5.41) is 13.7. The lowest BCUT2D eigenvalue weighted by atomic mass is 10.1. The third-order valence-electron chi connectivity index (χ3n) is 3.36. The van der Waals surface area contributed by atoms with Crippen molar-refractivity contribution < 1.29 is 19.3 Å². The number of aliphatic hydroxyl groups is 1. The Labute approximate surface area is 130 Å². The van der Waals surface area contributed by atoms with Crippen LogP contribution in [0.25, 0.3) is 10.4 Å². The van der Waals surface area contributed by atoms with E-state index in [1.54, 1.807) is 0 Å². The molecule has 11 nitrogen and oxygen atoms in total. The second-order valence-electron chi connectivity index (χ2n) is 4.81. The zero-order valence-corrected chi connectivity index (χ0v) is 12.4. The number of hydrogen-bond acceptors (Lipinski definition) is 7. The van der Waals surface area contributed by atoms with Crippen molar-refractivity contribution >= 4 is 0 Å². The Morgan fingerprint density at radius 2 is 2.30 bits per heavy atom. The summed E-state index contributed by atoms with van der Waals surface area (Å²) in [4.78, 5) is 27.8. The molecule has 0 amide bonds. The molecule has 0 aromatic carbocycles. The Morgan fingerprint density at radius 3 is 2.96 bits per heavy atom. The van der Waals surface area contributed by atoms with Gasteiger partial charge in [0.2, 0.25) is 0 Å². The van der Waals surface area contributed by atoms with E-state index in [2.05, 4.69) is 15.0 Å². The van der Waals surface area contributed by atoms with Gasteiger partial charge < -0.3 is 19.3 Å². The Balaban J connectivity index is 2.26. The lowest BCUT2D eigenvalue weighted by molar-refractivity contribution is -0.0792. The average Bonchev–Trinajstić information content (AvgIpc) is 2.82. The summed E-state index contributed by atoms with van der Waals surface area (Å²) in [5.41, 5.74) is 7.14. The number of azide groups is 1. The topological polar surface area (TPSA) is 152 Å². The summed E-state index contributed by atoms with van der Waals surface area (Å²) in [6, 6.07) is 1.16. The second kappa shape index (κ2) is 7.90. The van der Waals surface area contributed by atoms with Gasteiger partial charge in [-0.05, 0) is 5.53 Å². The molecule has 0 spiro atoms. The molecule has 126 valence electrons. The fraction of sp³-hybridized carbons (Fsp3) is 0.667. The van der Waals surface area contributed by atoms with Crippen molar-refractivity contribution in [2.45, 2.75) is 24.5 Å². The van der Waals surface area contributed by atoms with Gasteiger partial charge in [-0.2, -0.15) is 0 Å². The molecule has 2 heterocycles. The molecule has 2 rings (SSSR count). The van der Waals surface area contributed by atoms with Crippen LogP contribution in [-0.2, 0) is 14.2 Å². The minimum absolute atomic E-state index is 0.115. The predicted octanol–water partition coefficient (Wildman–Crippen LogP) is -0.863. The molecule has 1 saturated heterocycles. The van der Waals surface area contributed by atoms with Gasteiger partial charge in [-0.15, -0.1) is 0 Å². The van der Waals surface area contributed by atoms with Crippen molar-refractivity contribution in [1.29, 1.82) is 0 Å². The quantitative estimate of drug-likeness (QED) is 0.287. The number of aliphatic hydroxyl groups excluding tert-OH is 1. The molecule has 1 aliphatic heterocycles. The van der Waals surface area contributed by atoms with Gasteiger partial charge in [0, 0.05) is 24.3 Å². The lowest BCUT2D eigenvalue weighted by Crippen LogP contribution is -2.39. The van der Waals surface area contributed by atoms with E-state index in [-0.39, 0.29) is 19.8 Å². The van der Waals surface area contributed by atoms with Gasteiger partial charge in [0.15, 0.2) is 6.23 Å². The van der Waals surface area contributed by atoms with Crippen LogP contribution in [0.2, 0.25) is 0 Å². The largest absolute Gasteiger partial charge is 0.388 e. The van der Waals surface area contributed by atoms with E-state index in [0.717, 1.165) is 10.6 Å². The van der Waals surface area contributed by atoms with E-state index in [1.807, 2.05) is 0 Å². The van der Waals surface area contributed by atoms with Crippen molar-refractivity contribution in [3.05, 3.63) is 43.5 Å². The van der Waals surface area contributed by atoms with Crippen molar-refractivity contribution in [1.82, 2.24) is 9.55 Å². The molecule has 0 saturated carbocycles. The van der Waals surface area contributed by atoms with Crippen molar-refractivity contribution in [2.24, 2.45) is 5.11 Å². The first-order valence-electron chi connectivity index (χ1n) is 6.85. The summed E-state index contributed by atoms with van der Waals surface area (Å²) in [6.07, 6.45) is -2.54. The number of nitrogens with one attached hydrogen (secondary N) is 1. The van der Waals surface area contributed by atoms with Crippen LogP contribution in [0.4, 0.5) is 0 Å². The summed E-state index contributed by atoms with van der Waals surface area (Å²) in [6.45, 7) is 0.346. The standard InChI is InChI=1S/C12H17N5O6/c1-21-4-5-22-10-9(19)7(6-14-16-13)23-11(10)17-3-2-8(18)15-12(17)20/h2-3,7,9-11,19H,4-6H2,1H3,(H,15,18,20)/t7-,9-,10-,11-/m1/s1. The van der Waals surface area contributed by atoms with Crippen LogP contribution in [0.15, 0.2) is 27.0 Å². The smallest absolute Gasteiger partial charge is 0.330 e. The number of methoxy groups -OCH3 is 1. The summed E-state index contributed by atoms with van der Waals surface area (Å²) < 4.78 is 17.1. The summed E-state index contributed by atoms with van der Waals surface area (Å²) in [5.74, 6) is 0. The normalized spacial score (nSPS) is 26.9. The van der Waals surface area contributed by atoms with Crippen LogP contribution in [0, 0.1) is 0 Å². The molecule has 2 N–H and O–H groups in total. The maximum Gasteiger partial charge on any atom is 0.330 e. The Hall–Kier alpha value is -2.17. The van der Waals surface area contributed by atoms with Gasteiger partial charge in [-0.25, -0.2) is 4.79 Å². The molecule has 1 aromatic heterocycles. The molecular formula is C12H17N5O6. The molecular weight excluding hydrogens is 310 g/mol. The third-order valence-corrected chi connectivity index (χ3v) is 3.36. The van der Waals surface area contributed by atoms with Crippen LogP contribution in [0.3, 0.4) is 0 Å². The summed E-state index contributed by atoms with van der Waals surface area (Å²) >= 11 is 0. The predicted molar refractivity (Wildman–Crippen MR) is 76.9 cm³/mol. The fourth-order valence-corrected chi connectivity index (χ4v) is 2.29. The summed E-state index contributed by atoms with van der Waals surface area (Å²) in [7, 11) is 1.50. The van der Waals surface area contributed by atoms with Gasteiger partial charge in [0.25, 0.3) is 5.56 Å². The molecule has 0 bridgehead atoms. The number of H-pyrrole nitrogens is 1. The Morgan fingerprint density at radius 1 is 1.52 bits per heavy atom. The number of aromatic nitrogens is 2. The van der Waals surface area contributed by atoms with Crippen LogP contribution in [0.1, 0.15) is 6.23 Å². The number of aromatic amines is 1. The maximum absolute atomic E-state index is 11.9. The zero-order valence-electron chi connectivity index (χ0n) is 12.4. The van der Waals surface area contributed by atoms with Crippen molar-refractivity contribution in [3.8, 4) is 0 Å². The first-order valence-corrected chi connectivity index (χ1v) is 6.85. The SMILES string of the molecule is COCCO[C@@H]1[C@H](O)[C@@H](CN=[N+]=[N-])O[C@H]1n1ccc(=O)[nH]c1=O. The van der Waals surface area contributed by atoms with Gasteiger partial charge in [-0.1, -0.05) is 5.11 Å². The number of hydrogen-bond donors (Lipinski definition) is 2. The Kier molecular flexibility index (Phi) is 5.90. The molecule has 1 aliphatic rings. The van der Waals surface area contributed by atoms with E-state index in [9.17, 15) is 14.7 Å². The molecule has 11 heteroatoms. The molecule has 23 heavy (non-hydrogen) atoms. The van der Waals surface area contributed by atoms with Gasteiger partial charge >= 0.3 is 5.69 Å². The van der Waals surface area contributed by atoms with Crippen LogP contribution in [-0.4, -0.2) is 59.8 Å². The fourth-order valence-electron chi connectivity index (χ4n) is 2.29. The third kappa shape index (κ3) is 3.97. The molecule has 0 aliphatic carbocycles. The van der Waals surface area contributed by atoms with Gasteiger partial charge in [0.05, 0.1) is 25.9 Å². The molecule has 1 aromatic rings. The molecule has 4 atom stereocenters. The van der Waals surface area contributed by atoms with E-state index in [0.29, 0.717) is 0 Å². The highest BCUT2D eigenvalue weighted by molar-refractivity contribution is 4.94. The molecule has 1 fully saturated rings. The molecule has 0 unspecified atom stereocenters. The molecule has 0 radical (unpaired) electrons. The monoisotopic (exact) mass is 327 g/mol. The minimum Gasteiger partial charge on any atom is -0.388 e. The number of rotatable bonds is 7. The van der Waals surface area contributed by atoms with Crippen molar-refractivity contribution in [3.63, 3.8) is 0 Å². The van der Waals surface area contributed by atoms with Crippen LogP contribution >= 0.6 is 0 Å². The Bertz CT molecular complexity index is 681. The van der Waals surface area contributed by atoms with Crippen LogP contribution in [0.5, 0.6) is 0 Å². The highest BCUT2D eigenvalue weighted by Gasteiger charge is 2.45. The first-order chi connectivity index (χ1) is 11.1. The van der Waals surface area contributed by atoms with E-state index in [1.165, 1.54) is 13.3 Å². The second-order valence-corrected chi connectivity index (χ2v) is 4.81. The highest BCUT2D eigenvalue weighted by atomic mass is 16.6. The lowest BCUT2D eigenvalue weighted by Gasteiger charge is -2.22. The van der Waals surface area contributed by atoms with Crippen molar-refractivity contribution in [2.75, 3.05) is 26.9 Å². The number of nitrogens with zero attached hydrogens (tertiary/aromatic N) is 4.